The van der Waals surface area contributed by atoms with Crippen molar-refractivity contribution >= 4 is 22.8 Å². The number of nitrogens with zero attached hydrogens (tertiary/aromatic N) is 1. The number of nitrogens with one attached hydrogen (secondary N) is 1. The topological polar surface area (TPSA) is 71.3 Å². The minimum atomic E-state index is -0.739. The molecule has 0 aliphatic rings. The summed E-state index contributed by atoms with van der Waals surface area (Å²) >= 11 is 0. The molecule has 2 N–H and O–H groups in total. The smallest absolute Gasteiger partial charge is 0.303 e. The van der Waals surface area contributed by atoms with Gasteiger partial charge in [-0.2, -0.15) is 0 Å². The minimum Gasteiger partial charge on any atom is -0.481 e. The van der Waals surface area contributed by atoms with Gasteiger partial charge in [0, 0.05) is 43.5 Å². The van der Waals surface area contributed by atoms with E-state index in [9.17, 15) is 9.59 Å². The van der Waals surface area contributed by atoms with E-state index in [0.29, 0.717) is 19.4 Å². The van der Waals surface area contributed by atoms with Gasteiger partial charge in [-0.25, -0.2) is 0 Å². The van der Waals surface area contributed by atoms with Gasteiger partial charge >= 0.3 is 5.97 Å². The Hall–Kier alpha value is -2.30. The molecule has 0 bridgehead atoms. The average molecular weight is 330 g/mol. The summed E-state index contributed by atoms with van der Waals surface area (Å²) in [5, 5.41) is 12.7. The minimum absolute atomic E-state index is 0.0773. The molecule has 0 fully saturated rings. The molecule has 1 heterocycles. The summed E-state index contributed by atoms with van der Waals surface area (Å²) in [4.78, 5) is 22.3. The van der Waals surface area contributed by atoms with Crippen molar-refractivity contribution in [1.82, 2.24) is 9.88 Å². The number of carboxylic acids is 1. The maximum atomic E-state index is 11.9. The van der Waals surface area contributed by atoms with E-state index in [1.54, 1.807) is 0 Å². The van der Waals surface area contributed by atoms with Crippen molar-refractivity contribution in [1.29, 1.82) is 0 Å². The van der Waals surface area contributed by atoms with Crippen LogP contribution in [0.1, 0.15) is 44.1 Å². The summed E-state index contributed by atoms with van der Waals surface area (Å²) in [5.74, 6) is -0.662. The molecule has 0 radical (unpaired) electrons. The Balaban J connectivity index is 1.65. The number of carboxylic acid groups (broad SMARTS) is 1. The normalized spacial score (nSPS) is 10.9. The number of carbonyl (C=O) groups is 2. The molecule has 0 spiro atoms. The first kappa shape index (κ1) is 18.0. The number of amides is 1. The molecule has 0 atom stereocenters. The van der Waals surface area contributed by atoms with Gasteiger partial charge < -0.3 is 15.0 Å². The van der Waals surface area contributed by atoms with E-state index in [1.807, 2.05) is 19.2 Å². The maximum absolute atomic E-state index is 11.9. The molecule has 130 valence electrons. The van der Waals surface area contributed by atoms with Crippen LogP contribution in [0.3, 0.4) is 0 Å². The Morgan fingerprint density at radius 3 is 2.62 bits per heavy atom. The van der Waals surface area contributed by atoms with Gasteiger partial charge in [-0.15, -0.1) is 0 Å². The van der Waals surface area contributed by atoms with Crippen LogP contribution in [-0.2, 0) is 23.1 Å². The molecule has 5 nitrogen and oxygen atoms in total. The van der Waals surface area contributed by atoms with Crippen molar-refractivity contribution < 1.29 is 14.7 Å². The van der Waals surface area contributed by atoms with E-state index < -0.39 is 5.97 Å². The van der Waals surface area contributed by atoms with Crippen molar-refractivity contribution in [2.75, 3.05) is 6.54 Å². The van der Waals surface area contributed by atoms with E-state index in [4.69, 9.17) is 5.11 Å². The number of aliphatic carboxylic acids is 1. The summed E-state index contributed by atoms with van der Waals surface area (Å²) in [7, 11) is 2.02. The number of para-hydroxylation sites is 1. The van der Waals surface area contributed by atoms with Crippen molar-refractivity contribution in [3.8, 4) is 0 Å². The number of rotatable bonds is 10. The number of benzene rings is 1. The highest BCUT2D eigenvalue weighted by Gasteiger charge is 2.08. The van der Waals surface area contributed by atoms with Gasteiger partial charge in [-0.1, -0.05) is 31.0 Å². The summed E-state index contributed by atoms with van der Waals surface area (Å²) < 4.78 is 2.10. The highest BCUT2D eigenvalue weighted by atomic mass is 16.4. The Bertz CT molecular complexity index is 691. The van der Waals surface area contributed by atoms with E-state index in [0.717, 1.165) is 25.7 Å². The van der Waals surface area contributed by atoms with Crippen LogP contribution >= 0.6 is 0 Å². The fourth-order valence-corrected chi connectivity index (χ4v) is 2.94. The van der Waals surface area contributed by atoms with Crippen LogP contribution < -0.4 is 5.32 Å². The second-order valence-corrected chi connectivity index (χ2v) is 6.19. The number of aryl methyl sites for hydroxylation is 2. The number of aromatic nitrogens is 1. The SMILES string of the molecule is Cn1cc(CCC(=O)NCCCCCCC(=O)O)c2ccccc21. The Labute approximate surface area is 142 Å². The third-order valence-electron chi connectivity index (χ3n) is 4.24. The molecule has 24 heavy (non-hydrogen) atoms. The molecule has 1 amide bonds. The van der Waals surface area contributed by atoms with E-state index in [2.05, 4.69) is 28.2 Å². The van der Waals surface area contributed by atoms with Gasteiger partial charge in [0.25, 0.3) is 0 Å². The van der Waals surface area contributed by atoms with Crippen molar-refractivity contribution in [2.24, 2.45) is 7.05 Å². The second kappa shape index (κ2) is 9.11. The zero-order chi connectivity index (χ0) is 17.4. The Morgan fingerprint density at radius 2 is 1.83 bits per heavy atom. The molecule has 0 saturated carbocycles. The number of hydrogen-bond donors (Lipinski definition) is 2. The molecular weight excluding hydrogens is 304 g/mol. The molecule has 2 rings (SSSR count). The van der Waals surface area contributed by atoms with Crippen LogP contribution in [0.5, 0.6) is 0 Å². The largest absolute Gasteiger partial charge is 0.481 e. The van der Waals surface area contributed by atoms with E-state index in [1.165, 1.54) is 16.5 Å². The molecule has 0 saturated heterocycles. The molecule has 5 heteroatoms. The van der Waals surface area contributed by atoms with Gasteiger partial charge in [-0.05, 0) is 30.9 Å². The fraction of sp³-hybridized carbons (Fsp3) is 0.474. The highest BCUT2D eigenvalue weighted by Crippen LogP contribution is 2.21. The third kappa shape index (κ3) is 5.41. The van der Waals surface area contributed by atoms with Crippen molar-refractivity contribution in [2.45, 2.75) is 44.9 Å². The zero-order valence-corrected chi connectivity index (χ0v) is 14.3. The first-order chi connectivity index (χ1) is 11.6. The lowest BCUT2D eigenvalue weighted by molar-refractivity contribution is -0.137. The van der Waals surface area contributed by atoms with Crippen LogP contribution in [-0.4, -0.2) is 28.1 Å². The maximum Gasteiger partial charge on any atom is 0.303 e. The Kier molecular flexibility index (Phi) is 6.85. The molecule has 1 aromatic heterocycles. The predicted octanol–water partition coefficient (Wildman–Crippen LogP) is 3.26. The molecular formula is C19H26N2O3. The zero-order valence-electron chi connectivity index (χ0n) is 14.3. The summed E-state index contributed by atoms with van der Waals surface area (Å²) in [6, 6.07) is 8.23. The molecule has 0 aliphatic heterocycles. The van der Waals surface area contributed by atoms with E-state index >= 15 is 0 Å². The first-order valence-corrected chi connectivity index (χ1v) is 8.59. The van der Waals surface area contributed by atoms with Crippen LogP contribution in [0.2, 0.25) is 0 Å². The summed E-state index contributed by atoms with van der Waals surface area (Å²) in [5.41, 5.74) is 2.39. The fourth-order valence-electron chi connectivity index (χ4n) is 2.94. The molecule has 0 unspecified atom stereocenters. The van der Waals surface area contributed by atoms with Crippen LogP contribution in [0.4, 0.5) is 0 Å². The van der Waals surface area contributed by atoms with Gasteiger partial charge in [0.2, 0.25) is 5.91 Å². The summed E-state index contributed by atoms with van der Waals surface area (Å²) in [6.07, 6.45) is 7.04. The highest BCUT2D eigenvalue weighted by molar-refractivity contribution is 5.84. The predicted molar refractivity (Wildman–Crippen MR) is 95.0 cm³/mol. The average Bonchev–Trinajstić information content (AvgIpc) is 2.88. The van der Waals surface area contributed by atoms with Gasteiger partial charge in [-0.3, -0.25) is 9.59 Å². The lowest BCUT2D eigenvalue weighted by Gasteiger charge is -2.05. The molecule has 2 aromatic rings. The van der Waals surface area contributed by atoms with Gasteiger partial charge in [0.1, 0.15) is 0 Å². The lowest BCUT2D eigenvalue weighted by Crippen LogP contribution is -2.24. The van der Waals surface area contributed by atoms with Crippen LogP contribution in [0, 0.1) is 0 Å². The first-order valence-electron chi connectivity index (χ1n) is 8.59. The Morgan fingerprint density at radius 1 is 1.08 bits per heavy atom. The van der Waals surface area contributed by atoms with Crippen LogP contribution in [0.25, 0.3) is 10.9 Å². The van der Waals surface area contributed by atoms with Gasteiger partial charge in [0.05, 0.1) is 0 Å². The molecule has 1 aromatic carbocycles. The quantitative estimate of drug-likeness (QED) is 0.657. The number of carbonyl (C=O) groups excluding carboxylic acids is 1. The number of unbranched alkanes of at least 4 members (excludes halogenated alkanes) is 3. The second-order valence-electron chi connectivity index (χ2n) is 6.19. The van der Waals surface area contributed by atoms with Gasteiger partial charge in [0.15, 0.2) is 0 Å². The lowest BCUT2D eigenvalue weighted by atomic mass is 10.1. The van der Waals surface area contributed by atoms with Crippen molar-refractivity contribution in [3.05, 3.63) is 36.0 Å². The van der Waals surface area contributed by atoms with E-state index in [-0.39, 0.29) is 12.3 Å². The number of hydrogen-bond acceptors (Lipinski definition) is 2. The number of fused-ring (bicyclic) bond motifs is 1. The standard InChI is InChI=1S/C19H26N2O3/c1-21-14-15(16-8-5-6-9-17(16)21)11-12-18(22)20-13-7-3-2-4-10-19(23)24/h5-6,8-9,14H,2-4,7,10-13H2,1H3,(H,20,22)(H,23,24). The third-order valence-corrected chi connectivity index (χ3v) is 4.24. The summed E-state index contributed by atoms with van der Waals surface area (Å²) in [6.45, 7) is 0.668. The molecule has 0 aliphatic carbocycles. The monoisotopic (exact) mass is 330 g/mol. The van der Waals surface area contributed by atoms with Crippen molar-refractivity contribution in [3.63, 3.8) is 0 Å². The van der Waals surface area contributed by atoms with Crippen LogP contribution in [0.15, 0.2) is 30.5 Å².